The zero-order valence-electron chi connectivity index (χ0n) is 12.7. The molecule has 6 heteroatoms. The Labute approximate surface area is 136 Å². The van der Waals surface area contributed by atoms with E-state index >= 15 is 0 Å². The van der Waals surface area contributed by atoms with Gasteiger partial charge in [0.25, 0.3) is 0 Å². The number of urea groups is 1. The lowest BCUT2D eigenvalue weighted by Gasteiger charge is -2.32. The summed E-state index contributed by atoms with van der Waals surface area (Å²) in [5.41, 5.74) is 1.86. The quantitative estimate of drug-likeness (QED) is 0.909. The molecule has 0 radical (unpaired) electrons. The molecule has 120 valence electrons. The molecule has 5 nitrogen and oxygen atoms in total. The van der Waals surface area contributed by atoms with E-state index in [1.54, 1.807) is 4.90 Å². The van der Waals surface area contributed by atoms with Crippen molar-refractivity contribution in [2.24, 2.45) is 0 Å². The second kappa shape index (κ2) is 7.20. The van der Waals surface area contributed by atoms with Crippen LogP contribution >= 0.6 is 11.6 Å². The molecule has 0 unspecified atom stereocenters. The van der Waals surface area contributed by atoms with Crippen molar-refractivity contribution in [3.8, 4) is 0 Å². The summed E-state index contributed by atoms with van der Waals surface area (Å²) < 4.78 is 5.29. The number of rotatable bonds is 2. The van der Waals surface area contributed by atoms with Crippen molar-refractivity contribution < 1.29 is 9.53 Å². The molecule has 0 bridgehead atoms. The average Bonchev–Trinajstić information content (AvgIpc) is 2.56. The molecule has 2 aliphatic rings. The number of anilines is 2. The number of benzene rings is 1. The largest absolute Gasteiger partial charge is 0.378 e. The third-order valence-corrected chi connectivity index (χ3v) is 4.43. The maximum absolute atomic E-state index is 12.4. The molecular weight excluding hydrogens is 302 g/mol. The SMILES string of the molecule is O=C(Nc1cc(Cl)ccc1N1CCCCC1)N1CCOCC1. The monoisotopic (exact) mass is 323 g/mol. The number of ether oxygens (including phenoxy) is 1. The Bertz CT molecular complexity index is 526. The fourth-order valence-electron chi connectivity index (χ4n) is 2.98. The predicted molar refractivity (Wildman–Crippen MR) is 88.9 cm³/mol. The second-order valence-corrected chi connectivity index (χ2v) is 6.18. The van der Waals surface area contributed by atoms with E-state index in [-0.39, 0.29) is 6.03 Å². The van der Waals surface area contributed by atoms with Crippen LogP contribution in [0, 0.1) is 0 Å². The van der Waals surface area contributed by atoms with E-state index in [0.29, 0.717) is 31.3 Å². The average molecular weight is 324 g/mol. The van der Waals surface area contributed by atoms with E-state index < -0.39 is 0 Å². The molecule has 2 heterocycles. The molecule has 2 aliphatic heterocycles. The Balaban J connectivity index is 1.76. The lowest BCUT2D eigenvalue weighted by molar-refractivity contribution is 0.0564. The highest BCUT2D eigenvalue weighted by Crippen LogP contribution is 2.31. The number of hydrogen-bond donors (Lipinski definition) is 1. The van der Waals surface area contributed by atoms with Crippen molar-refractivity contribution >= 4 is 29.0 Å². The molecule has 0 aromatic heterocycles. The van der Waals surface area contributed by atoms with Gasteiger partial charge in [-0.1, -0.05) is 11.6 Å². The van der Waals surface area contributed by atoms with Crippen molar-refractivity contribution in [3.05, 3.63) is 23.2 Å². The number of hydrogen-bond acceptors (Lipinski definition) is 3. The van der Waals surface area contributed by atoms with Crippen molar-refractivity contribution in [2.75, 3.05) is 49.6 Å². The van der Waals surface area contributed by atoms with Gasteiger partial charge in [0.05, 0.1) is 24.6 Å². The number of carbonyl (C=O) groups excluding carboxylic acids is 1. The van der Waals surface area contributed by atoms with Gasteiger partial charge in [-0.05, 0) is 37.5 Å². The molecule has 0 saturated carbocycles. The van der Waals surface area contributed by atoms with Gasteiger partial charge < -0.3 is 19.9 Å². The summed E-state index contributed by atoms with van der Waals surface area (Å²) in [5, 5.41) is 3.66. The molecule has 0 aliphatic carbocycles. The van der Waals surface area contributed by atoms with Gasteiger partial charge in [-0.15, -0.1) is 0 Å². The van der Waals surface area contributed by atoms with Crippen LogP contribution in [-0.2, 0) is 4.74 Å². The first kappa shape index (κ1) is 15.4. The topological polar surface area (TPSA) is 44.8 Å². The minimum Gasteiger partial charge on any atom is -0.378 e. The summed E-state index contributed by atoms with van der Waals surface area (Å²) in [7, 11) is 0. The predicted octanol–water partition coefficient (Wildman–Crippen LogP) is 3.19. The molecule has 1 N–H and O–H groups in total. The van der Waals surface area contributed by atoms with Crippen LogP contribution in [0.3, 0.4) is 0 Å². The number of piperidine rings is 1. The van der Waals surface area contributed by atoms with Gasteiger partial charge in [-0.3, -0.25) is 0 Å². The van der Waals surface area contributed by atoms with Gasteiger partial charge in [0, 0.05) is 31.2 Å². The van der Waals surface area contributed by atoms with Crippen LogP contribution in [0.1, 0.15) is 19.3 Å². The highest BCUT2D eigenvalue weighted by atomic mass is 35.5. The second-order valence-electron chi connectivity index (χ2n) is 5.74. The number of morpholine rings is 1. The number of nitrogens with one attached hydrogen (secondary N) is 1. The van der Waals surface area contributed by atoms with E-state index in [4.69, 9.17) is 16.3 Å². The summed E-state index contributed by atoms with van der Waals surface area (Å²) in [4.78, 5) is 16.5. The Morgan fingerprint density at radius 1 is 1.09 bits per heavy atom. The van der Waals surface area contributed by atoms with Gasteiger partial charge in [-0.2, -0.15) is 0 Å². The zero-order valence-corrected chi connectivity index (χ0v) is 13.4. The van der Waals surface area contributed by atoms with Gasteiger partial charge >= 0.3 is 6.03 Å². The lowest BCUT2D eigenvalue weighted by atomic mass is 10.1. The van der Waals surface area contributed by atoms with Gasteiger partial charge in [-0.25, -0.2) is 4.79 Å². The highest BCUT2D eigenvalue weighted by molar-refractivity contribution is 6.31. The van der Waals surface area contributed by atoms with Crippen molar-refractivity contribution in [3.63, 3.8) is 0 Å². The molecular formula is C16H22ClN3O2. The van der Waals surface area contributed by atoms with Crippen LogP contribution in [0.4, 0.5) is 16.2 Å². The number of carbonyl (C=O) groups is 1. The van der Waals surface area contributed by atoms with Gasteiger partial charge in [0.15, 0.2) is 0 Å². The fraction of sp³-hybridized carbons (Fsp3) is 0.562. The fourth-order valence-corrected chi connectivity index (χ4v) is 3.15. The third kappa shape index (κ3) is 3.65. The summed E-state index contributed by atoms with van der Waals surface area (Å²) in [6.07, 6.45) is 3.67. The van der Waals surface area contributed by atoms with E-state index in [9.17, 15) is 4.79 Å². The zero-order chi connectivity index (χ0) is 15.4. The molecule has 0 atom stereocenters. The first-order valence-corrected chi connectivity index (χ1v) is 8.30. The van der Waals surface area contributed by atoms with E-state index in [1.165, 1.54) is 19.3 Å². The normalized spacial score (nSPS) is 19.1. The first-order chi connectivity index (χ1) is 10.7. The summed E-state index contributed by atoms with van der Waals surface area (Å²) in [6, 6.07) is 5.64. The molecule has 2 saturated heterocycles. The third-order valence-electron chi connectivity index (χ3n) is 4.20. The maximum atomic E-state index is 12.4. The van der Waals surface area contributed by atoms with Crippen LogP contribution < -0.4 is 10.2 Å². The Morgan fingerprint density at radius 3 is 2.55 bits per heavy atom. The molecule has 2 amide bonds. The summed E-state index contributed by atoms with van der Waals surface area (Å²) >= 11 is 6.12. The summed E-state index contributed by atoms with van der Waals surface area (Å²) in [5.74, 6) is 0. The Kier molecular flexibility index (Phi) is 5.05. The van der Waals surface area contributed by atoms with Gasteiger partial charge in [0.1, 0.15) is 0 Å². The standard InChI is InChI=1S/C16H22ClN3O2/c17-13-4-5-15(19-6-2-1-3-7-19)14(12-13)18-16(21)20-8-10-22-11-9-20/h4-5,12H,1-3,6-11H2,(H,18,21). The Morgan fingerprint density at radius 2 is 1.82 bits per heavy atom. The van der Waals surface area contributed by atoms with Crippen LogP contribution in [0.25, 0.3) is 0 Å². The first-order valence-electron chi connectivity index (χ1n) is 7.92. The number of amides is 2. The Hall–Kier alpha value is -1.46. The molecule has 0 spiro atoms. The van der Waals surface area contributed by atoms with Crippen LogP contribution in [0.5, 0.6) is 0 Å². The van der Waals surface area contributed by atoms with Crippen molar-refractivity contribution in [1.29, 1.82) is 0 Å². The molecule has 3 rings (SSSR count). The summed E-state index contributed by atoms with van der Waals surface area (Å²) in [6.45, 7) is 4.52. The van der Waals surface area contributed by atoms with Crippen molar-refractivity contribution in [1.82, 2.24) is 4.90 Å². The van der Waals surface area contributed by atoms with E-state index in [1.807, 2.05) is 18.2 Å². The minimum atomic E-state index is -0.0798. The molecule has 2 fully saturated rings. The van der Waals surface area contributed by atoms with Gasteiger partial charge in [0.2, 0.25) is 0 Å². The van der Waals surface area contributed by atoms with E-state index in [0.717, 1.165) is 24.5 Å². The molecule has 22 heavy (non-hydrogen) atoms. The highest BCUT2D eigenvalue weighted by Gasteiger charge is 2.20. The smallest absolute Gasteiger partial charge is 0.322 e. The van der Waals surface area contributed by atoms with Crippen LogP contribution in [-0.4, -0.2) is 50.3 Å². The van der Waals surface area contributed by atoms with E-state index in [2.05, 4.69) is 10.2 Å². The maximum Gasteiger partial charge on any atom is 0.322 e. The van der Waals surface area contributed by atoms with Crippen LogP contribution in [0.2, 0.25) is 5.02 Å². The number of halogens is 1. The molecule has 1 aromatic carbocycles. The minimum absolute atomic E-state index is 0.0798. The number of nitrogens with zero attached hydrogens (tertiary/aromatic N) is 2. The molecule has 1 aromatic rings. The van der Waals surface area contributed by atoms with Crippen molar-refractivity contribution in [2.45, 2.75) is 19.3 Å². The lowest BCUT2D eigenvalue weighted by Crippen LogP contribution is -2.43. The van der Waals surface area contributed by atoms with Crippen LogP contribution in [0.15, 0.2) is 18.2 Å².